The molecule has 0 aliphatic rings. The predicted molar refractivity (Wildman–Crippen MR) is 100.0 cm³/mol. The zero-order valence-corrected chi connectivity index (χ0v) is 15.6. The monoisotopic (exact) mass is 378 g/mol. The smallest absolute Gasteiger partial charge is 0.307 e. The number of ether oxygens (including phenoxy) is 1. The Morgan fingerprint density at radius 2 is 1.96 bits per heavy atom. The molecule has 1 aromatic heterocycles. The van der Waals surface area contributed by atoms with E-state index in [-0.39, 0.29) is 6.42 Å². The summed E-state index contributed by atoms with van der Waals surface area (Å²) in [5, 5.41) is 3.05. The van der Waals surface area contributed by atoms with Crippen molar-refractivity contribution in [1.29, 1.82) is 0 Å². The molecule has 0 unspecified atom stereocenters. The number of nitrogens with zero attached hydrogens (tertiary/aromatic N) is 1. The van der Waals surface area contributed by atoms with Crippen LogP contribution in [0.1, 0.15) is 18.9 Å². The van der Waals surface area contributed by atoms with Crippen LogP contribution in [0.25, 0.3) is 0 Å². The number of nitrogens with one attached hydrogen (secondary N) is 1. The van der Waals surface area contributed by atoms with Gasteiger partial charge in [0.05, 0.1) is 11.4 Å². The summed E-state index contributed by atoms with van der Waals surface area (Å²) in [6.07, 6.45) is 0.764. The molecule has 5 nitrogen and oxygen atoms in total. The lowest BCUT2D eigenvalue weighted by Gasteiger charge is -2.13. The number of rotatable bonds is 7. The first kappa shape index (κ1) is 19.3. The normalized spacial score (nSPS) is 11.6. The molecule has 132 valence electrons. The molecule has 0 saturated carbocycles. The first-order valence-corrected chi connectivity index (χ1v) is 9.12. The summed E-state index contributed by atoms with van der Waals surface area (Å²) in [6.45, 7) is 3.55. The van der Waals surface area contributed by atoms with E-state index in [1.807, 2.05) is 31.2 Å². The Balaban J connectivity index is 1.72. The number of anilines is 1. The van der Waals surface area contributed by atoms with Crippen LogP contribution >= 0.6 is 23.4 Å². The topological polar surface area (TPSA) is 68.3 Å². The predicted octanol–water partition coefficient (Wildman–Crippen LogP) is 4.10. The Kier molecular flexibility index (Phi) is 7.28. The van der Waals surface area contributed by atoms with Crippen molar-refractivity contribution < 1.29 is 14.3 Å². The van der Waals surface area contributed by atoms with Gasteiger partial charge in [-0.15, -0.1) is 11.8 Å². The molecule has 0 fully saturated rings. The standard InChI is InChI=1S/C18H19ClN2O3S/c1-12-3-6-15(7-4-12)25-10-9-17(22)24-13(2)18(23)21-16-8-5-14(19)11-20-16/h3-8,11,13H,9-10H2,1-2H3,(H,20,21,23)/t13-/m1/s1. The molecule has 2 rings (SSSR count). The fourth-order valence-electron chi connectivity index (χ4n) is 1.87. The van der Waals surface area contributed by atoms with Gasteiger partial charge < -0.3 is 10.1 Å². The molecule has 0 radical (unpaired) electrons. The van der Waals surface area contributed by atoms with Crippen molar-refractivity contribution in [3.63, 3.8) is 0 Å². The van der Waals surface area contributed by atoms with Gasteiger partial charge in [-0.05, 0) is 38.1 Å². The minimum absolute atomic E-state index is 0.232. The van der Waals surface area contributed by atoms with E-state index in [9.17, 15) is 9.59 Å². The summed E-state index contributed by atoms with van der Waals surface area (Å²) in [4.78, 5) is 28.9. The molecule has 25 heavy (non-hydrogen) atoms. The van der Waals surface area contributed by atoms with Gasteiger partial charge in [-0.3, -0.25) is 9.59 Å². The first-order valence-electron chi connectivity index (χ1n) is 7.75. The van der Waals surface area contributed by atoms with E-state index in [2.05, 4.69) is 10.3 Å². The second kappa shape index (κ2) is 9.44. The van der Waals surface area contributed by atoms with Crippen LogP contribution in [0.15, 0.2) is 47.5 Å². The summed E-state index contributed by atoms with van der Waals surface area (Å²) in [6, 6.07) is 11.3. The summed E-state index contributed by atoms with van der Waals surface area (Å²) in [7, 11) is 0. The number of amides is 1. The van der Waals surface area contributed by atoms with Crippen molar-refractivity contribution >= 4 is 41.1 Å². The molecular formula is C18H19ClN2O3S. The van der Waals surface area contributed by atoms with Crippen LogP contribution < -0.4 is 5.32 Å². The quantitative estimate of drug-likeness (QED) is 0.580. The number of esters is 1. The highest BCUT2D eigenvalue weighted by molar-refractivity contribution is 7.99. The van der Waals surface area contributed by atoms with E-state index in [0.29, 0.717) is 16.6 Å². The fourth-order valence-corrected chi connectivity index (χ4v) is 2.82. The number of hydrogen-bond acceptors (Lipinski definition) is 5. The average Bonchev–Trinajstić information content (AvgIpc) is 2.58. The molecule has 0 saturated heterocycles. The zero-order chi connectivity index (χ0) is 18.2. The average molecular weight is 379 g/mol. The van der Waals surface area contributed by atoms with Gasteiger partial charge in [-0.25, -0.2) is 4.98 Å². The van der Waals surface area contributed by atoms with Gasteiger partial charge in [0.2, 0.25) is 0 Å². The van der Waals surface area contributed by atoms with Gasteiger partial charge in [0.15, 0.2) is 6.10 Å². The van der Waals surface area contributed by atoms with Crippen LogP contribution in [-0.2, 0) is 14.3 Å². The maximum absolute atomic E-state index is 12.0. The van der Waals surface area contributed by atoms with Gasteiger partial charge in [-0.1, -0.05) is 29.3 Å². The Labute approximate surface area is 156 Å². The van der Waals surface area contributed by atoms with E-state index >= 15 is 0 Å². The Morgan fingerprint density at radius 3 is 2.60 bits per heavy atom. The molecular weight excluding hydrogens is 360 g/mol. The first-order chi connectivity index (χ1) is 11.9. The van der Waals surface area contributed by atoms with Gasteiger partial charge in [0.25, 0.3) is 5.91 Å². The van der Waals surface area contributed by atoms with E-state index in [1.165, 1.54) is 18.7 Å². The number of halogens is 1. The number of carbonyl (C=O) groups excluding carboxylic acids is 2. The Bertz CT molecular complexity index is 720. The minimum atomic E-state index is -0.894. The van der Waals surface area contributed by atoms with Crippen LogP contribution in [0.5, 0.6) is 0 Å². The number of pyridine rings is 1. The highest BCUT2D eigenvalue weighted by Crippen LogP contribution is 2.19. The lowest BCUT2D eigenvalue weighted by Crippen LogP contribution is -2.30. The molecule has 1 heterocycles. The third-order valence-electron chi connectivity index (χ3n) is 3.25. The molecule has 0 aliphatic heterocycles. The van der Waals surface area contributed by atoms with E-state index in [1.54, 1.807) is 23.9 Å². The summed E-state index contributed by atoms with van der Waals surface area (Å²) in [5.74, 6) is 0.0996. The van der Waals surface area contributed by atoms with Crippen LogP contribution in [0.4, 0.5) is 5.82 Å². The van der Waals surface area contributed by atoms with E-state index in [4.69, 9.17) is 16.3 Å². The molecule has 0 bridgehead atoms. The molecule has 1 atom stereocenters. The second-order valence-corrected chi connectivity index (χ2v) is 7.00. The number of thioether (sulfide) groups is 1. The van der Waals surface area contributed by atoms with E-state index < -0.39 is 18.0 Å². The lowest BCUT2D eigenvalue weighted by molar-refractivity contribution is -0.152. The molecule has 7 heteroatoms. The summed E-state index contributed by atoms with van der Waals surface area (Å²) < 4.78 is 5.15. The van der Waals surface area contributed by atoms with Gasteiger partial charge in [0.1, 0.15) is 5.82 Å². The molecule has 2 aromatic rings. The Morgan fingerprint density at radius 1 is 1.24 bits per heavy atom. The fraction of sp³-hybridized carbons (Fsp3) is 0.278. The molecule has 0 aliphatic carbocycles. The molecule has 0 spiro atoms. The highest BCUT2D eigenvalue weighted by atomic mass is 35.5. The maximum atomic E-state index is 12.0. The molecule has 1 amide bonds. The Hall–Kier alpha value is -2.05. The van der Waals surface area contributed by atoms with Crippen molar-refractivity contribution in [2.24, 2.45) is 0 Å². The van der Waals surface area contributed by atoms with Crippen LogP contribution in [0, 0.1) is 6.92 Å². The van der Waals surface area contributed by atoms with Crippen molar-refractivity contribution in [2.75, 3.05) is 11.1 Å². The van der Waals surface area contributed by atoms with Gasteiger partial charge >= 0.3 is 5.97 Å². The van der Waals surface area contributed by atoms with Crippen molar-refractivity contribution in [3.05, 3.63) is 53.2 Å². The van der Waals surface area contributed by atoms with E-state index in [0.717, 1.165) is 4.90 Å². The third-order valence-corrected chi connectivity index (χ3v) is 4.49. The minimum Gasteiger partial charge on any atom is -0.453 e. The number of carbonyl (C=O) groups is 2. The lowest BCUT2D eigenvalue weighted by atomic mass is 10.2. The van der Waals surface area contributed by atoms with Crippen LogP contribution in [0.3, 0.4) is 0 Å². The SMILES string of the molecule is Cc1ccc(SCCC(=O)O[C@H](C)C(=O)Nc2ccc(Cl)cn2)cc1. The van der Waals surface area contributed by atoms with Crippen LogP contribution in [0.2, 0.25) is 5.02 Å². The highest BCUT2D eigenvalue weighted by Gasteiger charge is 2.18. The van der Waals surface area contributed by atoms with Crippen molar-refractivity contribution in [1.82, 2.24) is 4.98 Å². The van der Waals surface area contributed by atoms with Gasteiger partial charge in [-0.2, -0.15) is 0 Å². The number of hydrogen-bond donors (Lipinski definition) is 1. The third kappa shape index (κ3) is 6.76. The zero-order valence-electron chi connectivity index (χ0n) is 14.0. The van der Waals surface area contributed by atoms with Crippen molar-refractivity contribution in [2.45, 2.75) is 31.3 Å². The van der Waals surface area contributed by atoms with Crippen LogP contribution in [-0.4, -0.2) is 28.7 Å². The maximum Gasteiger partial charge on any atom is 0.307 e. The summed E-state index contributed by atoms with van der Waals surface area (Å²) >= 11 is 7.31. The second-order valence-electron chi connectivity index (χ2n) is 5.39. The number of aryl methyl sites for hydroxylation is 1. The summed E-state index contributed by atoms with van der Waals surface area (Å²) in [5.41, 5.74) is 1.19. The number of benzene rings is 1. The van der Waals surface area contributed by atoms with Gasteiger partial charge in [0, 0.05) is 16.8 Å². The largest absolute Gasteiger partial charge is 0.453 e. The molecule has 1 aromatic carbocycles. The van der Waals surface area contributed by atoms with Crippen molar-refractivity contribution in [3.8, 4) is 0 Å². The molecule has 1 N–H and O–H groups in total. The number of aromatic nitrogens is 1.